The van der Waals surface area contributed by atoms with E-state index in [1.807, 2.05) is 13.8 Å². The minimum absolute atomic E-state index is 0.0499. The summed E-state index contributed by atoms with van der Waals surface area (Å²) in [6.45, 7) is 3.95. The van der Waals surface area contributed by atoms with E-state index in [0.717, 1.165) is 12.8 Å². The molecule has 0 aliphatic rings. The Labute approximate surface area is 158 Å². The molecule has 0 fully saturated rings. The Morgan fingerprint density at radius 3 is 2.37 bits per heavy atom. The lowest BCUT2D eigenvalue weighted by atomic mass is 9.93. The Morgan fingerprint density at radius 2 is 1.81 bits per heavy atom. The number of carbonyl (C=O) groups excluding carboxylic acids is 1. The van der Waals surface area contributed by atoms with Crippen LogP contribution in [-0.2, 0) is 4.79 Å². The first-order chi connectivity index (χ1) is 12.6. The van der Waals surface area contributed by atoms with E-state index < -0.39 is 30.1 Å². The van der Waals surface area contributed by atoms with Gasteiger partial charge in [0, 0.05) is 12.0 Å². The summed E-state index contributed by atoms with van der Waals surface area (Å²) in [6, 6.07) is 6.75. The van der Waals surface area contributed by atoms with Gasteiger partial charge in [0.2, 0.25) is 5.78 Å². The molecule has 0 amide bonds. The van der Waals surface area contributed by atoms with Crippen molar-refractivity contribution in [3.63, 3.8) is 0 Å². The second kappa shape index (κ2) is 10.5. The fourth-order valence-corrected chi connectivity index (χ4v) is 2.85. The predicted molar refractivity (Wildman–Crippen MR) is 98.0 cm³/mol. The van der Waals surface area contributed by atoms with Gasteiger partial charge in [0.1, 0.15) is 5.60 Å². The average Bonchev–Trinajstić information content (AvgIpc) is 2.60. The molecule has 0 aliphatic carbocycles. The van der Waals surface area contributed by atoms with Crippen LogP contribution >= 0.6 is 0 Å². The number of carbonyl (C=O) groups is 1. The minimum Gasteiger partial charge on any atom is -0.388 e. The number of hydrogen-bond donors (Lipinski definition) is 2. The van der Waals surface area contributed by atoms with Crippen molar-refractivity contribution in [2.75, 3.05) is 0 Å². The topological polar surface area (TPSA) is 57.5 Å². The maximum absolute atomic E-state index is 12.2. The van der Waals surface area contributed by atoms with Crippen molar-refractivity contribution in [3.8, 4) is 11.8 Å². The lowest BCUT2D eigenvalue weighted by Crippen LogP contribution is -2.25. The van der Waals surface area contributed by atoms with Crippen molar-refractivity contribution in [3.05, 3.63) is 35.4 Å². The molecule has 0 saturated heterocycles. The zero-order valence-electron chi connectivity index (χ0n) is 15.8. The second-order valence-electron chi connectivity index (χ2n) is 6.74. The molecule has 0 saturated carbocycles. The monoisotopic (exact) mass is 384 g/mol. The van der Waals surface area contributed by atoms with Gasteiger partial charge in [-0.05, 0) is 43.4 Å². The highest BCUT2D eigenvalue weighted by Crippen LogP contribution is 2.24. The Morgan fingerprint density at radius 1 is 1.19 bits per heavy atom. The summed E-state index contributed by atoms with van der Waals surface area (Å²) in [7, 11) is 0. The second-order valence-corrected chi connectivity index (χ2v) is 6.74. The highest BCUT2D eigenvalue weighted by Gasteiger charge is 2.37. The largest absolute Gasteiger partial charge is 0.449 e. The molecule has 0 heterocycles. The first-order valence-electron chi connectivity index (χ1n) is 9.25. The molecule has 150 valence electrons. The molecule has 1 aromatic rings. The molecule has 27 heavy (non-hydrogen) atoms. The van der Waals surface area contributed by atoms with E-state index >= 15 is 0 Å². The van der Waals surface area contributed by atoms with Gasteiger partial charge in [-0.1, -0.05) is 50.7 Å². The Balaban J connectivity index is 2.76. The summed E-state index contributed by atoms with van der Waals surface area (Å²) in [5, 5.41) is 20.7. The van der Waals surface area contributed by atoms with Crippen molar-refractivity contribution in [1.82, 2.24) is 0 Å². The molecule has 1 unspecified atom stereocenters. The zero-order chi connectivity index (χ0) is 20.5. The van der Waals surface area contributed by atoms with E-state index in [1.54, 1.807) is 24.3 Å². The van der Waals surface area contributed by atoms with Gasteiger partial charge < -0.3 is 10.2 Å². The quantitative estimate of drug-likeness (QED) is 0.607. The van der Waals surface area contributed by atoms with Crippen molar-refractivity contribution in [2.45, 2.75) is 76.7 Å². The molecule has 0 radical (unpaired) electrons. The molecule has 2 N–H and O–H groups in total. The van der Waals surface area contributed by atoms with Crippen LogP contribution in [0, 0.1) is 11.8 Å². The van der Waals surface area contributed by atoms with Crippen LogP contribution in [0.5, 0.6) is 0 Å². The molecule has 0 aromatic heterocycles. The van der Waals surface area contributed by atoms with E-state index in [9.17, 15) is 28.2 Å². The fourth-order valence-electron chi connectivity index (χ4n) is 2.85. The number of halogens is 3. The van der Waals surface area contributed by atoms with Gasteiger partial charge in [0.05, 0.1) is 6.10 Å². The highest BCUT2D eigenvalue weighted by atomic mass is 19.4. The number of rotatable bonds is 9. The lowest BCUT2D eigenvalue weighted by Gasteiger charge is -2.20. The van der Waals surface area contributed by atoms with Crippen LogP contribution in [0.3, 0.4) is 0 Å². The van der Waals surface area contributed by atoms with Crippen LogP contribution in [0.2, 0.25) is 0 Å². The molecule has 6 heteroatoms. The summed E-state index contributed by atoms with van der Waals surface area (Å²) in [4.78, 5) is 10.9. The third-order valence-corrected chi connectivity index (χ3v) is 4.24. The number of benzene rings is 1. The third-order valence-electron chi connectivity index (χ3n) is 4.24. The van der Waals surface area contributed by atoms with Gasteiger partial charge in [-0.2, -0.15) is 13.2 Å². The standard InChI is InChI=1S/C21H27F3O3/c1-3-12-20(27,13-4-2)14-11-16-7-5-8-17(15-16)18(25)9-6-10-19(26)21(22,23)24/h5,7-8,15,18,25,27H,3-4,6,9-10,12-13H2,1-2H3. The number of aliphatic hydroxyl groups is 2. The van der Waals surface area contributed by atoms with E-state index in [2.05, 4.69) is 11.8 Å². The first kappa shape index (κ1) is 23.2. The number of Topliss-reactive ketones (excluding diaryl/α,β-unsaturated/α-hetero) is 1. The molecule has 1 aromatic carbocycles. The molecule has 3 nitrogen and oxygen atoms in total. The van der Waals surface area contributed by atoms with Gasteiger partial charge in [-0.25, -0.2) is 0 Å². The molecule has 0 spiro atoms. The van der Waals surface area contributed by atoms with Crippen LogP contribution < -0.4 is 0 Å². The van der Waals surface area contributed by atoms with Crippen molar-refractivity contribution >= 4 is 5.78 Å². The third kappa shape index (κ3) is 8.15. The van der Waals surface area contributed by atoms with E-state index in [1.165, 1.54) is 0 Å². The van der Waals surface area contributed by atoms with E-state index in [4.69, 9.17) is 0 Å². The predicted octanol–water partition coefficient (Wildman–Crippen LogP) is 4.70. The van der Waals surface area contributed by atoms with Crippen LogP contribution in [0.15, 0.2) is 24.3 Å². The van der Waals surface area contributed by atoms with Crippen LogP contribution in [0.4, 0.5) is 13.2 Å². The van der Waals surface area contributed by atoms with Crippen molar-refractivity contribution < 1.29 is 28.2 Å². The molecular formula is C21H27F3O3. The van der Waals surface area contributed by atoms with Crippen LogP contribution in [0.1, 0.15) is 76.0 Å². The fraction of sp³-hybridized carbons (Fsp3) is 0.571. The van der Waals surface area contributed by atoms with Crippen molar-refractivity contribution in [2.24, 2.45) is 0 Å². The van der Waals surface area contributed by atoms with E-state index in [-0.39, 0.29) is 12.8 Å². The molecule has 0 bridgehead atoms. The molecule has 1 rings (SSSR count). The summed E-state index contributed by atoms with van der Waals surface area (Å²) in [5.41, 5.74) is 0.0927. The molecule has 0 aliphatic heterocycles. The van der Waals surface area contributed by atoms with Gasteiger partial charge >= 0.3 is 6.18 Å². The van der Waals surface area contributed by atoms with Gasteiger partial charge in [0.15, 0.2) is 0 Å². The number of ketones is 1. The number of hydrogen-bond acceptors (Lipinski definition) is 3. The number of alkyl halides is 3. The minimum atomic E-state index is -4.83. The average molecular weight is 384 g/mol. The molecular weight excluding hydrogens is 357 g/mol. The summed E-state index contributed by atoms with van der Waals surface area (Å²) < 4.78 is 36.6. The Bertz CT molecular complexity index is 665. The maximum atomic E-state index is 12.2. The highest BCUT2D eigenvalue weighted by molar-refractivity contribution is 5.83. The first-order valence-corrected chi connectivity index (χ1v) is 9.25. The smallest absolute Gasteiger partial charge is 0.388 e. The summed E-state index contributed by atoms with van der Waals surface area (Å²) in [6.07, 6.45) is -3.68. The Kier molecular flexibility index (Phi) is 9.01. The van der Waals surface area contributed by atoms with Gasteiger partial charge in [-0.15, -0.1) is 0 Å². The maximum Gasteiger partial charge on any atom is 0.449 e. The van der Waals surface area contributed by atoms with Crippen molar-refractivity contribution in [1.29, 1.82) is 0 Å². The SMILES string of the molecule is CCCC(O)(C#Cc1cccc(C(O)CCCC(=O)C(F)(F)F)c1)CCC. The summed E-state index contributed by atoms with van der Waals surface area (Å²) >= 11 is 0. The normalized spacial score (nSPS) is 13.0. The lowest BCUT2D eigenvalue weighted by molar-refractivity contribution is -0.171. The van der Waals surface area contributed by atoms with Crippen LogP contribution in [0.25, 0.3) is 0 Å². The van der Waals surface area contributed by atoms with Gasteiger partial charge in [-0.3, -0.25) is 4.79 Å². The van der Waals surface area contributed by atoms with E-state index in [0.29, 0.717) is 24.0 Å². The van der Waals surface area contributed by atoms with Gasteiger partial charge in [0.25, 0.3) is 0 Å². The molecule has 1 atom stereocenters. The van der Waals surface area contributed by atoms with Crippen LogP contribution in [-0.4, -0.2) is 27.8 Å². The Hall–Kier alpha value is -1.84. The number of aliphatic hydroxyl groups excluding tert-OH is 1. The summed E-state index contributed by atoms with van der Waals surface area (Å²) in [5.74, 6) is 4.06. The zero-order valence-corrected chi connectivity index (χ0v) is 15.8.